The number of aliphatic hydroxyl groups is 1. The van der Waals surface area contributed by atoms with Gasteiger partial charge in [0.2, 0.25) is 0 Å². The number of hydrogen-bond acceptors (Lipinski definition) is 3. The number of hydrogen-bond donors (Lipinski definition) is 1. The molecule has 3 rings (SSSR count). The minimum absolute atomic E-state index is 0.1000. The van der Waals surface area contributed by atoms with Crippen LogP contribution in [0.2, 0.25) is 0 Å². The van der Waals surface area contributed by atoms with Gasteiger partial charge in [-0.05, 0) is 49.9 Å². The van der Waals surface area contributed by atoms with Crippen LogP contribution in [-0.2, 0) is 0 Å². The average Bonchev–Trinajstić information content (AvgIpc) is 2.55. The number of rotatable bonds is 5. The molecule has 4 heteroatoms. The van der Waals surface area contributed by atoms with Crippen LogP contribution < -0.4 is 4.74 Å². The van der Waals surface area contributed by atoms with Gasteiger partial charge in [-0.15, -0.1) is 0 Å². The molecule has 0 aromatic heterocycles. The summed E-state index contributed by atoms with van der Waals surface area (Å²) in [5.41, 5.74) is 0. The Kier molecular flexibility index (Phi) is 5.32. The summed E-state index contributed by atoms with van der Waals surface area (Å²) in [5.74, 6) is 0.967. The van der Waals surface area contributed by atoms with Crippen LogP contribution in [-0.4, -0.2) is 41.8 Å². The smallest absolute Gasteiger partial charge is 0.123 e. The fraction of sp³-hybridized carbons (Fsp3) is 0.667. The average molecular weight is 307 g/mol. The molecular weight excluding hydrogens is 281 g/mol. The van der Waals surface area contributed by atoms with E-state index in [0.29, 0.717) is 18.6 Å². The molecular formula is C18H26FNO2. The predicted molar refractivity (Wildman–Crippen MR) is 84.5 cm³/mol. The van der Waals surface area contributed by atoms with Gasteiger partial charge in [-0.25, -0.2) is 4.39 Å². The van der Waals surface area contributed by atoms with Crippen LogP contribution in [0.25, 0.3) is 0 Å². The molecule has 1 heterocycles. The second kappa shape index (κ2) is 7.42. The summed E-state index contributed by atoms with van der Waals surface area (Å²) in [6.07, 6.45) is 6.72. The van der Waals surface area contributed by atoms with Gasteiger partial charge in [0.1, 0.15) is 11.6 Å². The minimum Gasteiger partial charge on any atom is -0.494 e. The van der Waals surface area contributed by atoms with Crippen molar-refractivity contribution in [3.8, 4) is 5.75 Å². The van der Waals surface area contributed by atoms with E-state index in [2.05, 4.69) is 4.90 Å². The van der Waals surface area contributed by atoms with Gasteiger partial charge < -0.3 is 9.84 Å². The van der Waals surface area contributed by atoms with E-state index >= 15 is 0 Å². The van der Waals surface area contributed by atoms with Gasteiger partial charge in [-0.3, -0.25) is 4.90 Å². The van der Waals surface area contributed by atoms with Gasteiger partial charge in [-0.2, -0.15) is 0 Å². The number of halogens is 1. The molecule has 1 N–H and O–H groups in total. The van der Waals surface area contributed by atoms with Crippen molar-refractivity contribution in [3.63, 3.8) is 0 Å². The van der Waals surface area contributed by atoms with E-state index in [-0.39, 0.29) is 11.9 Å². The lowest BCUT2D eigenvalue weighted by atomic mass is 9.76. The van der Waals surface area contributed by atoms with Crippen LogP contribution in [0.4, 0.5) is 4.39 Å². The summed E-state index contributed by atoms with van der Waals surface area (Å²) < 4.78 is 18.5. The molecule has 1 aromatic carbocycles. The Labute approximate surface area is 132 Å². The lowest BCUT2D eigenvalue weighted by Gasteiger charge is -2.46. The Morgan fingerprint density at radius 2 is 1.91 bits per heavy atom. The first-order chi connectivity index (χ1) is 10.7. The monoisotopic (exact) mass is 307 g/mol. The number of ether oxygens (including phenoxy) is 1. The van der Waals surface area contributed by atoms with E-state index in [0.717, 1.165) is 31.7 Å². The zero-order valence-corrected chi connectivity index (χ0v) is 13.1. The van der Waals surface area contributed by atoms with Gasteiger partial charge in [0.15, 0.2) is 0 Å². The largest absolute Gasteiger partial charge is 0.494 e. The summed E-state index contributed by atoms with van der Waals surface area (Å²) >= 11 is 0. The van der Waals surface area contributed by atoms with Gasteiger partial charge in [-0.1, -0.05) is 12.8 Å². The molecule has 122 valence electrons. The number of likely N-dealkylation sites (tertiary alicyclic amines) is 1. The maximum Gasteiger partial charge on any atom is 0.123 e. The zero-order chi connectivity index (χ0) is 15.4. The maximum atomic E-state index is 12.8. The topological polar surface area (TPSA) is 32.7 Å². The third-order valence-electron chi connectivity index (χ3n) is 5.13. The molecule has 2 aliphatic rings. The Hall–Kier alpha value is -1.13. The highest BCUT2D eigenvalue weighted by molar-refractivity contribution is 5.21. The number of piperidine rings is 1. The number of aliphatic hydroxyl groups excluding tert-OH is 1. The number of nitrogens with zero attached hydrogens (tertiary/aromatic N) is 1. The van der Waals surface area contributed by atoms with Crippen LogP contribution in [0.1, 0.15) is 38.5 Å². The van der Waals surface area contributed by atoms with Crippen LogP contribution in [0, 0.1) is 11.7 Å². The third kappa shape index (κ3) is 3.79. The van der Waals surface area contributed by atoms with E-state index in [4.69, 9.17) is 4.74 Å². The molecule has 0 spiro atoms. The maximum absolute atomic E-state index is 12.8. The quantitative estimate of drug-likeness (QED) is 0.848. The first-order valence-electron chi connectivity index (χ1n) is 8.54. The molecule has 0 radical (unpaired) electrons. The zero-order valence-electron chi connectivity index (χ0n) is 13.1. The van der Waals surface area contributed by atoms with Crippen molar-refractivity contribution >= 4 is 0 Å². The Bertz CT molecular complexity index is 465. The summed E-state index contributed by atoms with van der Waals surface area (Å²) in [6.45, 7) is 2.68. The second-order valence-corrected chi connectivity index (χ2v) is 6.56. The number of fused-ring (bicyclic) bond motifs is 1. The van der Waals surface area contributed by atoms with Crippen molar-refractivity contribution < 1.29 is 14.2 Å². The first-order valence-corrected chi connectivity index (χ1v) is 8.54. The van der Waals surface area contributed by atoms with Crippen molar-refractivity contribution in [2.75, 3.05) is 19.7 Å². The summed E-state index contributed by atoms with van der Waals surface area (Å²) in [6, 6.07) is 6.75. The minimum atomic E-state index is -0.234. The standard InChI is InChI=1S/C18H26FNO2/c19-14-6-8-15(9-7-14)22-13-3-11-20-12-10-18(21)16-4-1-2-5-17(16)20/h6-9,16-18,21H,1-5,10-13H2/t16-,17?,18+/m1/s1. The number of benzene rings is 1. The molecule has 3 nitrogen and oxygen atoms in total. The van der Waals surface area contributed by atoms with E-state index < -0.39 is 0 Å². The van der Waals surface area contributed by atoms with Gasteiger partial charge >= 0.3 is 0 Å². The summed E-state index contributed by atoms with van der Waals surface area (Å²) in [4.78, 5) is 2.55. The molecule has 0 amide bonds. The molecule has 1 aromatic rings. The van der Waals surface area contributed by atoms with E-state index in [1.54, 1.807) is 12.1 Å². The summed E-state index contributed by atoms with van der Waals surface area (Å²) in [5, 5.41) is 10.2. The van der Waals surface area contributed by atoms with Crippen molar-refractivity contribution in [1.29, 1.82) is 0 Å². The molecule has 1 aliphatic carbocycles. The molecule has 22 heavy (non-hydrogen) atoms. The molecule has 1 unspecified atom stereocenters. The highest BCUT2D eigenvalue weighted by Crippen LogP contribution is 2.35. The highest BCUT2D eigenvalue weighted by Gasteiger charge is 2.37. The van der Waals surface area contributed by atoms with Gasteiger partial charge in [0.05, 0.1) is 12.7 Å². The predicted octanol–water partition coefficient (Wildman–Crippen LogP) is 3.22. The van der Waals surface area contributed by atoms with Crippen LogP contribution in [0.15, 0.2) is 24.3 Å². The van der Waals surface area contributed by atoms with Crippen LogP contribution in [0.5, 0.6) is 5.75 Å². The normalized spacial score (nSPS) is 29.1. The Morgan fingerprint density at radius 3 is 2.73 bits per heavy atom. The van der Waals surface area contributed by atoms with Crippen LogP contribution in [0.3, 0.4) is 0 Å². The molecule has 0 bridgehead atoms. The van der Waals surface area contributed by atoms with Gasteiger partial charge in [0.25, 0.3) is 0 Å². The second-order valence-electron chi connectivity index (χ2n) is 6.56. The first kappa shape index (κ1) is 15.8. The van der Waals surface area contributed by atoms with E-state index in [1.165, 1.54) is 37.8 Å². The fourth-order valence-corrected chi connectivity index (χ4v) is 3.99. The molecule has 1 saturated carbocycles. The fourth-order valence-electron chi connectivity index (χ4n) is 3.99. The van der Waals surface area contributed by atoms with E-state index in [1.807, 2.05) is 0 Å². The van der Waals surface area contributed by atoms with Crippen LogP contribution >= 0.6 is 0 Å². The molecule has 3 atom stereocenters. The van der Waals surface area contributed by atoms with Gasteiger partial charge in [0, 0.05) is 25.0 Å². The van der Waals surface area contributed by atoms with Crippen molar-refractivity contribution in [3.05, 3.63) is 30.1 Å². The molecule has 1 saturated heterocycles. The van der Waals surface area contributed by atoms with Crippen molar-refractivity contribution in [2.45, 2.75) is 50.7 Å². The van der Waals surface area contributed by atoms with Crippen molar-refractivity contribution in [1.82, 2.24) is 4.90 Å². The lowest BCUT2D eigenvalue weighted by Crippen LogP contribution is -2.52. The SMILES string of the molecule is O[C@H]1CCN(CCCOc2ccc(F)cc2)C2CCCC[C@H]21. The highest BCUT2D eigenvalue weighted by atomic mass is 19.1. The summed E-state index contributed by atoms with van der Waals surface area (Å²) in [7, 11) is 0. The molecule has 1 aliphatic heterocycles. The Morgan fingerprint density at radius 1 is 1.14 bits per heavy atom. The lowest BCUT2D eigenvalue weighted by molar-refractivity contribution is -0.0369. The molecule has 2 fully saturated rings. The van der Waals surface area contributed by atoms with E-state index in [9.17, 15) is 9.50 Å². The third-order valence-corrected chi connectivity index (χ3v) is 5.13. The van der Waals surface area contributed by atoms with Crippen molar-refractivity contribution in [2.24, 2.45) is 5.92 Å². The Balaban J connectivity index is 1.43.